The van der Waals surface area contributed by atoms with Crippen molar-refractivity contribution in [3.63, 3.8) is 0 Å². The number of anilines is 1. The van der Waals surface area contributed by atoms with Crippen LogP contribution in [0.4, 0.5) is 14.5 Å². The van der Waals surface area contributed by atoms with Gasteiger partial charge in [-0.05, 0) is 42.5 Å². The van der Waals surface area contributed by atoms with Crippen molar-refractivity contribution in [2.24, 2.45) is 0 Å². The van der Waals surface area contributed by atoms with E-state index in [4.69, 9.17) is 0 Å². The maximum atomic E-state index is 13.2. The van der Waals surface area contributed by atoms with Crippen molar-refractivity contribution in [2.45, 2.75) is 6.54 Å². The number of rotatable bonds is 5. The fourth-order valence-corrected chi connectivity index (χ4v) is 2.35. The normalized spacial score (nSPS) is 10.3. The van der Waals surface area contributed by atoms with Crippen molar-refractivity contribution >= 4 is 17.5 Å². The van der Waals surface area contributed by atoms with Crippen LogP contribution in [0, 0.1) is 11.6 Å². The number of carbonyl (C=O) groups is 2. The van der Waals surface area contributed by atoms with E-state index < -0.39 is 17.5 Å². The summed E-state index contributed by atoms with van der Waals surface area (Å²) in [4.78, 5) is 28.7. The molecule has 0 saturated carbocycles. The second-order valence-electron chi connectivity index (χ2n) is 5.67. The van der Waals surface area contributed by atoms with Crippen molar-refractivity contribution in [2.75, 3.05) is 5.32 Å². The molecule has 7 heteroatoms. The number of halogens is 2. The third-order valence-electron chi connectivity index (χ3n) is 3.72. The number of hydrogen-bond acceptors (Lipinski definition) is 3. The van der Waals surface area contributed by atoms with Crippen LogP contribution in [0.3, 0.4) is 0 Å². The zero-order chi connectivity index (χ0) is 19.2. The van der Waals surface area contributed by atoms with Gasteiger partial charge >= 0.3 is 0 Å². The zero-order valence-electron chi connectivity index (χ0n) is 14.1. The van der Waals surface area contributed by atoms with Crippen LogP contribution in [0.15, 0.2) is 66.9 Å². The Hall–Kier alpha value is -3.61. The number of hydrogen-bond donors (Lipinski definition) is 2. The topological polar surface area (TPSA) is 71.1 Å². The molecule has 3 aromatic rings. The van der Waals surface area contributed by atoms with Crippen molar-refractivity contribution in [3.8, 4) is 0 Å². The number of nitrogens with zero attached hydrogens (tertiary/aromatic N) is 1. The van der Waals surface area contributed by atoms with Gasteiger partial charge in [0.1, 0.15) is 0 Å². The fourth-order valence-electron chi connectivity index (χ4n) is 2.35. The average molecular weight is 367 g/mol. The minimum atomic E-state index is -1.06. The minimum absolute atomic E-state index is 0.115. The fraction of sp³-hybridized carbons (Fsp3) is 0.0500. The van der Waals surface area contributed by atoms with Gasteiger partial charge in [-0.1, -0.05) is 12.1 Å². The average Bonchev–Trinajstić information content (AvgIpc) is 2.70. The highest BCUT2D eigenvalue weighted by molar-refractivity contribution is 6.06. The molecule has 0 fully saturated rings. The quantitative estimate of drug-likeness (QED) is 0.725. The molecule has 5 nitrogen and oxygen atoms in total. The molecule has 1 heterocycles. The molecule has 2 amide bonds. The summed E-state index contributed by atoms with van der Waals surface area (Å²) >= 11 is 0. The lowest BCUT2D eigenvalue weighted by Gasteiger charge is -2.08. The third kappa shape index (κ3) is 4.72. The number of carbonyl (C=O) groups excluding carboxylic acids is 2. The van der Waals surface area contributed by atoms with Crippen LogP contribution in [0.1, 0.15) is 26.4 Å². The summed E-state index contributed by atoms with van der Waals surface area (Å²) in [6, 6.07) is 14.5. The molecule has 3 rings (SSSR count). The van der Waals surface area contributed by atoms with Crippen LogP contribution in [0.25, 0.3) is 0 Å². The molecule has 0 unspecified atom stereocenters. The Morgan fingerprint density at radius 2 is 1.63 bits per heavy atom. The molecule has 0 saturated heterocycles. The smallest absolute Gasteiger partial charge is 0.255 e. The van der Waals surface area contributed by atoms with Gasteiger partial charge in [-0.15, -0.1) is 0 Å². The molecule has 0 bridgehead atoms. The molecule has 0 atom stereocenters. The largest absolute Gasteiger partial charge is 0.346 e. The molecular weight excluding hydrogens is 352 g/mol. The van der Waals surface area contributed by atoms with E-state index in [0.717, 1.165) is 12.1 Å². The van der Waals surface area contributed by atoms with E-state index in [-0.39, 0.29) is 23.7 Å². The van der Waals surface area contributed by atoms with Gasteiger partial charge in [0.2, 0.25) is 0 Å². The minimum Gasteiger partial charge on any atom is -0.346 e. The molecular formula is C20H15F2N3O2. The van der Waals surface area contributed by atoms with Crippen molar-refractivity contribution in [1.29, 1.82) is 0 Å². The number of aromatic nitrogens is 1. The molecule has 1 aromatic heterocycles. The molecule has 2 N–H and O–H groups in total. The number of pyridine rings is 1. The first-order valence-electron chi connectivity index (χ1n) is 8.07. The third-order valence-corrected chi connectivity index (χ3v) is 3.72. The number of benzene rings is 2. The summed E-state index contributed by atoms with van der Waals surface area (Å²) in [6.07, 6.45) is 1.63. The van der Waals surface area contributed by atoms with Gasteiger partial charge in [0.15, 0.2) is 11.6 Å². The van der Waals surface area contributed by atoms with Crippen LogP contribution in [0.5, 0.6) is 0 Å². The van der Waals surface area contributed by atoms with Gasteiger partial charge < -0.3 is 10.6 Å². The van der Waals surface area contributed by atoms with E-state index in [0.29, 0.717) is 11.3 Å². The predicted octanol–water partition coefficient (Wildman–Crippen LogP) is 3.54. The number of nitrogens with one attached hydrogen (secondary N) is 2. The first-order valence-corrected chi connectivity index (χ1v) is 8.07. The lowest BCUT2D eigenvalue weighted by Crippen LogP contribution is -2.23. The zero-order valence-corrected chi connectivity index (χ0v) is 14.1. The predicted molar refractivity (Wildman–Crippen MR) is 96.2 cm³/mol. The molecule has 0 spiro atoms. The molecule has 27 heavy (non-hydrogen) atoms. The van der Waals surface area contributed by atoms with Crippen molar-refractivity contribution in [1.82, 2.24) is 10.3 Å². The van der Waals surface area contributed by atoms with Crippen molar-refractivity contribution < 1.29 is 18.4 Å². The Morgan fingerprint density at radius 1 is 0.852 bits per heavy atom. The summed E-state index contributed by atoms with van der Waals surface area (Å²) in [5.41, 5.74) is 1.33. The summed E-state index contributed by atoms with van der Waals surface area (Å²) in [7, 11) is 0. The van der Waals surface area contributed by atoms with Crippen LogP contribution < -0.4 is 10.6 Å². The lowest BCUT2D eigenvalue weighted by atomic mass is 10.1. The summed E-state index contributed by atoms with van der Waals surface area (Å²) in [5.74, 6) is -2.96. The highest BCUT2D eigenvalue weighted by Crippen LogP contribution is 2.15. The van der Waals surface area contributed by atoms with E-state index in [2.05, 4.69) is 15.6 Å². The molecule has 136 valence electrons. The van der Waals surface area contributed by atoms with Gasteiger partial charge in [0, 0.05) is 29.1 Å². The van der Waals surface area contributed by atoms with E-state index in [9.17, 15) is 18.4 Å². The van der Waals surface area contributed by atoms with E-state index in [1.54, 1.807) is 30.5 Å². The standard InChI is InChI=1S/C20H15F2N3O2/c21-17-8-7-15(11-18(17)22)25-20(27)14-5-3-4-13(10-14)19(26)24-12-16-6-1-2-9-23-16/h1-11H,12H2,(H,24,26)(H,25,27). The van der Waals surface area contributed by atoms with Gasteiger partial charge in [-0.25, -0.2) is 8.78 Å². The van der Waals surface area contributed by atoms with E-state index in [1.807, 2.05) is 6.07 Å². The highest BCUT2D eigenvalue weighted by Gasteiger charge is 2.12. The van der Waals surface area contributed by atoms with Crippen LogP contribution in [-0.2, 0) is 6.54 Å². The van der Waals surface area contributed by atoms with Gasteiger partial charge in [0.25, 0.3) is 11.8 Å². The van der Waals surface area contributed by atoms with E-state index >= 15 is 0 Å². The van der Waals surface area contributed by atoms with E-state index in [1.165, 1.54) is 18.2 Å². The van der Waals surface area contributed by atoms with Crippen molar-refractivity contribution in [3.05, 3.63) is 95.3 Å². The maximum absolute atomic E-state index is 13.2. The van der Waals surface area contributed by atoms with Gasteiger partial charge in [-0.3, -0.25) is 14.6 Å². The Kier molecular flexibility index (Phi) is 5.51. The van der Waals surface area contributed by atoms with Gasteiger partial charge in [-0.2, -0.15) is 0 Å². The summed E-state index contributed by atoms with van der Waals surface area (Å²) < 4.78 is 26.2. The highest BCUT2D eigenvalue weighted by atomic mass is 19.2. The molecule has 0 aliphatic carbocycles. The Bertz CT molecular complexity index is 978. The Balaban J connectivity index is 1.67. The molecule has 2 aromatic carbocycles. The second-order valence-corrected chi connectivity index (χ2v) is 5.67. The molecule has 0 aliphatic rings. The molecule has 0 radical (unpaired) electrons. The van der Waals surface area contributed by atoms with Crippen LogP contribution in [0.2, 0.25) is 0 Å². The van der Waals surface area contributed by atoms with Crippen LogP contribution in [-0.4, -0.2) is 16.8 Å². The monoisotopic (exact) mass is 367 g/mol. The Morgan fingerprint density at radius 3 is 2.33 bits per heavy atom. The maximum Gasteiger partial charge on any atom is 0.255 e. The summed E-state index contributed by atoms with van der Waals surface area (Å²) in [5, 5.41) is 5.18. The SMILES string of the molecule is O=C(NCc1ccccn1)c1cccc(C(=O)Nc2ccc(F)c(F)c2)c1. The first-order chi connectivity index (χ1) is 13.0. The Labute approximate surface area is 154 Å². The number of amides is 2. The second kappa shape index (κ2) is 8.18. The first kappa shape index (κ1) is 18.2. The molecule has 0 aliphatic heterocycles. The lowest BCUT2D eigenvalue weighted by molar-refractivity contribution is 0.0950. The summed E-state index contributed by atoms with van der Waals surface area (Å²) in [6.45, 7) is 0.255. The van der Waals surface area contributed by atoms with Gasteiger partial charge in [0.05, 0.1) is 12.2 Å². The van der Waals surface area contributed by atoms with Crippen LogP contribution >= 0.6 is 0 Å².